The molecule has 1 aliphatic rings. The molecular weight excluding hydrogens is 381 g/mol. The fourth-order valence-corrected chi connectivity index (χ4v) is 52.6. The molecule has 0 aromatic carbocycles. The van der Waals surface area contributed by atoms with Gasteiger partial charge in [0.2, 0.25) is 0 Å². The van der Waals surface area contributed by atoms with Gasteiger partial charge in [0.1, 0.15) is 0 Å². The summed E-state index contributed by atoms with van der Waals surface area (Å²) in [5.74, 6) is 3.80. The predicted molar refractivity (Wildman–Crippen MR) is 81.5 cm³/mol. The number of nitrogens with one attached hydrogen (secondary N) is 3. The molecule has 6 heteroatoms. The first-order chi connectivity index (χ1) is 8.87. The van der Waals surface area contributed by atoms with Crippen LogP contribution in [0.25, 0.3) is 0 Å². The second-order valence-corrected chi connectivity index (χ2v) is 49.7. The zero-order valence-corrected chi connectivity index (χ0v) is 17.5. The van der Waals surface area contributed by atoms with E-state index < -0.39 is 27.1 Å². The Morgan fingerprint density at radius 1 is 1.11 bits per heavy atom. The van der Waals surface area contributed by atoms with Crippen LogP contribution in [-0.2, 0) is 17.1 Å². The molecule has 0 amide bonds. The molecule has 0 saturated heterocycles. The van der Waals surface area contributed by atoms with Gasteiger partial charge < -0.3 is 0 Å². The summed E-state index contributed by atoms with van der Waals surface area (Å²) in [5, 5.41) is 0. The third-order valence-corrected chi connectivity index (χ3v) is 62.0. The molecule has 0 unspecified atom stereocenters. The molecule has 0 saturated carbocycles. The van der Waals surface area contributed by atoms with Crippen molar-refractivity contribution in [3.05, 3.63) is 21.5 Å². The van der Waals surface area contributed by atoms with E-state index in [1.807, 2.05) is 11.5 Å². The molecule has 0 radical (unpaired) electrons. The van der Waals surface area contributed by atoms with Gasteiger partial charge in [-0.05, 0) is 0 Å². The van der Waals surface area contributed by atoms with Crippen LogP contribution < -0.4 is 9.78 Å². The van der Waals surface area contributed by atoms with Gasteiger partial charge >= 0.3 is 120 Å². The van der Waals surface area contributed by atoms with E-state index in [0.29, 0.717) is 0 Å². The summed E-state index contributed by atoms with van der Waals surface area (Å²) >= 11 is -4.13. The molecule has 3 N–H and O–H groups in total. The fourth-order valence-electron chi connectivity index (χ4n) is 3.42. The van der Waals surface area contributed by atoms with Crippen LogP contribution in [0.2, 0.25) is 11.5 Å². The summed E-state index contributed by atoms with van der Waals surface area (Å²) in [5.41, 5.74) is 0. The number of hydrogen-bond donors (Lipinski definition) is 3. The second kappa shape index (κ2) is 6.65. The van der Waals surface area contributed by atoms with Crippen molar-refractivity contribution in [2.24, 2.45) is 0 Å². The third kappa shape index (κ3) is 2.87. The quantitative estimate of drug-likeness (QED) is 0.539. The minimum absolute atomic E-state index is 0.807. The number of rotatable bonds is 8. The summed E-state index contributed by atoms with van der Waals surface area (Å²) in [6.45, 7) is 8.67. The molecule has 3 nitrogen and oxygen atoms in total. The minimum atomic E-state index is -4.13. The van der Waals surface area contributed by atoms with Crippen LogP contribution in [0.3, 0.4) is 0 Å². The number of halogens is 1. The van der Waals surface area contributed by atoms with Gasteiger partial charge in [-0.25, -0.2) is 0 Å². The summed E-state index contributed by atoms with van der Waals surface area (Å²) < 4.78 is 27.9. The van der Waals surface area contributed by atoms with Crippen molar-refractivity contribution in [2.75, 3.05) is 19.6 Å². The molecule has 0 atom stereocenters. The van der Waals surface area contributed by atoms with Gasteiger partial charge in [0.15, 0.2) is 0 Å². The Morgan fingerprint density at radius 2 is 1.58 bits per heavy atom. The van der Waals surface area contributed by atoms with Crippen molar-refractivity contribution in [3.8, 4) is 0 Å². The van der Waals surface area contributed by atoms with Crippen molar-refractivity contribution in [1.82, 2.24) is 9.78 Å². The first-order valence-electron chi connectivity index (χ1n) is 7.34. The van der Waals surface area contributed by atoms with Gasteiger partial charge in [-0.15, -0.1) is 0 Å². The van der Waals surface area contributed by atoms with Crippen LogP contribution in [0, 0.1) is 0 Å². The molecule has 0 aliphatic heterocycles. The van der Waals surface area contributed by atoms with E-state index in [1.54, 1.807) is 0 Å². The molecular formula is C13H29FGeN3Zr. The molecule has 0 aromatic heterocycles. The van der Waals surface area contributed by atoms with E-state index in [4.69, 9.17) is 0 Å². The van der Waals surface area contributed by atoms with Crippen molar-refractivity contribution in [2.45, 2.75) is 38.7 Å². The van der Waals surface area contributed by atoms with Crippen LogP contribution in [-0.4, -0.2) is 29.6 Å². The average Bonchev–Trinajstić information content (AvgIpc) is 2.82. The normalized spacial score (nSPS) is 18.2. The zero-order valence-electron chi connectivity index (χ0n) is 12.9. The third-order valence-electron chi connectivity index (χ3n) is 4.19. The van der Waals surface area contributed by atoms with Gasteiger partial charge in [0.05, 0.1) is 0 Å². The van der Waals surface area contributed by atoms with Crippen LogP contribution >= 0.6 is 0 Å². The van der Waals surface area contributed by atoms with E-state index in [2.05, 4.69) is 48.8 Å². The van der Waals surface area contributed by atoms with E-state index in [0.717, 1.165) is 26.1 Å². The van der Waals surface area contributed by atoms with Gasteiger partial charge in [-0.3, -0.25) is 0 Å². The van der Waals surface area contributed by atoms with Crippen molar-refractivity contribution in [3.63, 3.8) is 0 Å². The summed E-state index contributed by atoms with van der Waals surface area (Å²) in [6.07, 6.45) is 7.24. The zero-order chi connectivity index (χ0) is 14.6. The standard InChI is InChI=1S/C5H5.C2H6FGe.3C2H6N.Zr/c1-2-4-5-3-1;1-4(2)3;3*1-2-3;/h1-3H,4H2;1-2H3;3*3H,2H2,1H3;/q;;3*-1;+3. The topological polar surface area (TPSA) is 36.1 Å². The molecule has 0 bridgehead atoms. The number of allylic oxidation sites excluding steroid dienone is 4. The molecule has 19 heavy (non-hydrogen) atoms. The maximum absolute atomic E-state index is 15.6. The molecule has 0 heterocycles. The Bertz CT molecular complexity index is 357. The van der Waals surface area contributed by atoms with Crippen molar-refractivity contribution in [1.29, 1.82) is 0 Å². The Balaban J connectivity index is 3.47. The molecule has 0 aromatic rings. The van der Waals surface area contributed by atoms with Crippen molar-refractivity contribution >= 4 is 9.94 Å². The number of hydrogen-bond acceptors (Lipinski definition) is 3. The Hall–Kier alpha value is 0.716. The average molecular weight is 410 g/mol. The van der Waals surface area contributed by atoms with E-state index >= 15 is 3.50 Å². The van der Waals surface area contributed by atoms with Crippen LogP contribution in [0.15, 0.2) is 21.5 Å². The summed E-state index contributed by atoms with van der Waals surface area (Å²) in [4.78, 5) is 0. The van der Waals surface area contributed by atoms with Gasteiger partial charge in [-0.2, -0.15) is 0 Å². The SMILES string of the molecule is CC[NH][Zr]([NH]CC)([NH]CC)([C]1=CC=CC1)[Ge]([CH3])([CH3])[F]. The molecule has 0 spiro atoms. The van der Waals surface area contributed by atoms with Crippen LogP contribution in [0.4, 0.5) is 3.50 Å². The Kier molecular flexibility index (Phi) is 6.22. The van der Waals surface area contributed by atoms with Gasteiger partial charge in [0, 0.05) is 0 Å². The predicted octanol–water partition coefficient (Wildman–Crippen LogP) is 2.76. The second-order valence-electron chi connectivity index (χ2n) is 5.64. The van der Waals surface area contributed by atoms with E-state index in [1.165, 1.54) is 3.28 Å². The molecule has 111 valence electrons. The summed E-state index contributed by atoms with van der Waals surface area (Å²) in [7, 11) is -3.52. The molecule has 0 fully saturated rings. The van der Waals surface area contributed by atoms with Gasteiger partial charge in [-0.1, -0.05) is 0 Å². The van der Waals surface area contributed by atoms with Crippen molar-refractivity contribution < 1.29 is 20.6 Å². The molecule has 1 rings (SSSR count). The maximum atomic E-state index is 15.6. The van der Waals surface area contributed by atoms with Crippen LogP contribution in [0.5, 0.6) is 0 Å². The Labute approximate surface area is 119 Å². The van der Waals surface area contributed by atoms with E-state index in [-0.39, 0.29) is 0 Å². The van der Waals surface area contributed by atoms with Gasteiger partial charge in [0.25, 0.3) is 0 Å². The Morgan fingerprint density at radius 3 is 1.84 bits per heavy atom. The first kappa shape index (κ1) is 17.8. The monoisotopic (exact) mass is 410 g/mol. The van der Waals surface area contributed by atoms with Crippen LogP contribution in [0.1, 0.15) is 27.2 Å². The van der Waals surface area contributed by atoms with E-state index in [9.17, 15) is 0 Å². The first-order valence-corrected chi connectivity index (χ1v) is 24.7. The molecule has 1 aliphatic carbocycles. The fraction of sp³-hybridized carbons (Fsp3) is 0.692. The summed E-state index contributed by atoms with van der Waals surface area (Å²) in [6, 6.07) is 0.